The average Bonchev–Trinajstić information content (AvgIpc) is 3.10. The molecule has 5 N–H and O–H groups in total. The number of aryl methyl sites for hydroxylation is 1. The van der Waals surface area contributed by atoms with Gasteiger partial charge in [-0.05, 0) is 62.6 Å². The van der Waals surface area contributed by atoms with Gasteiger partial charge in [-0.2, -0.15) is 5.10 Å². The van der Waals surface area contributed by atoms with E-state index in [9.17, 15) is 14.4 Å². The lowest BCUT2D eigenvalue weighted by Gasteiger charge is -2.30. The lowest BCUT2D eigenvalue weighted by atomic mass is 9.75. The first-order valence-corrected chi connectivity index (χ1v) is 12.3. The van der Waals surface area contributed by atoms with Gasteiger partial charge in [0.1, 0.15) is 6.10 Å². The summed E-state index contributed by atoms with van der Waals surface area (Å²) in [5, 5.41) is 8.17. The van der Waals surface area contributed by atoms with E-state index in [-0.39, 0.29) is 42.3 Å². The molecular weight excluding hydrogens is 446 g/mol. The molecule has 0 atom stereocenters. The van der Waals surface area contributed by atoms with Gasteiger partial charge >= 0.3 is 5.97 Å². The van der Waals surface area contributed by atoms with E-state index < -0.39 is 5.91 Å². The molecule has 4 rings (SSSR count). The number of ketones is 1. The first-order chi connectivity index (χ1) is 16.6. The molecule has 2 aromatic rings. The van der Waals surface area contributed by atoms with Gasteiger partial charge in [-0.3, -0.25) is 14.4 Å². The summed E-state index contributed by atoms with van der Waals surface area (Å²) in [7, 11) is 0. The Morgan fingerprint density at radius 1 is 1.20 bits per heavy atom. The molecule has 1 saturated carbocycles. The fraction of sp³-hybridized carbons (Fsp3) is 0.538. The lowest BCUT2D eigenvalue weighted by Crippen LogP contribution is -2.32. The summed E-state index contributed by atoms with van der Waals surface area (Å²) in [6.07, 6.45) is 4.43. The number of amides is 1. The second-order valence-electron chi connectivity index (χ2n) is 10.5. The number of hydrogen-bond acceptors (Lipinski definition) is 7. The number of nitrogens with one attached hydrogen (secondary N) is 1. The topological polar surface area (TPSA) is 142 Å². The molecule has 35 heavy (non-hydrogen) atoms. The van der Waals surface area contributed by atoms with Crippen molar-refractivity contribution in [2.75, 3.05) is 11.9 Å². The molecule has 1 fully saturated rings. The third kappa shape index (κ3) is 5.40. The van der Waals surface area contributed by atoms with Crippen molar-refractivity contribution in [2.45, 2.75) is 77.9 Å². The smallest absolute Gasteiger partial charge is 0.307 e. The van der Waals surface area contributed by atoms with Crippen LogP contribution >= 0.6 is 0 Å². The standard InChI is InChI=1S/C26H35N5O4/c1-15-24-21(13-26(2,3)14-22(24)32)31(30-15)17-6-9-19(25(28)34)20(12-17)29-16-4-7-18(8-5-16)35-23(33)10-11-27/h6,9,12,16,18,29H,4-5,7-8,10-11,13-14,27H2,1-3H3,(H2,28,34). The number of Topliss-reactive ketones (excluding diaryl/α,β-unsaturated/α-hetero) is 1. The highest BCUT2D eigenvalue weighted by Gasteiger charge is 2.36. The number of nitrogens with two attached hydrogens (primary N) is 2. The van der Waals surface area contributed by atoms with Crippen molar-refractivity contribution in [1.82, 2.24) is 9.78 Å². The van der Waals surface area contributed by atoms with Gasteiger partial charge in [0.2, 0.25) is 0 Å². The number of benzene rings is 1. The minimum atomic E-state index is -0.515. The third-order valence-corrected chi connectivity index (χ3v) is 6.91. The number of primary amides is 1. The highest BCUT2D eigenvalue weighted by molar-refractivity contribution is 6.00. The monoisotopic (exact) mass is 481 g/mol. The van der Waals surface area contributed by atoms with Crippen LogP contribution in [-0.4, -0.2) is 46.1 Å². The first kappa shape index (κ1) is 24.9. The van der Waals surface area contributed by atoms with E-state index in [1.54, 1.807) is 6.07 Å². The summed E-state index contributed by atoms with van der Waals surface area (Å²) >= 11 is 0. The van der Waals surface area contributed by atoms with Crippen molar-refractivity contribution in [3.8, 4) is 5.69 Å². The second-order valence-corrected chi connectivity index (χ2v) is 10.5. The van der Waals surface area contributed by atoms with Crippen molar-refractivity contribution in [1.29, 1.82) is 0 Å². The van der Waals surface area contributed by atoms with Crippen LogP contribution < -0.4 is 16.8 Å². The van der Waals surface area contributed by atoms with E-state index in [0.717, 1.165) is 49.2 Å². The molecule has 9 nitrogen and oxygen atoms in total. The summed E-state index contributed by atoms with van der Waals surface area (Å²) in [6.45, 7) is 6.33. The molecule has 2 aliphatic carbocycles. The van der Waals surface area contributed by atoms with E-state index in [0.29, 0.717) is 23.2 Å². The van der Waals surface area contributed by atoms with Gasteiger partial charge in [0.25, 0.3) is 5.91 Å². The fourth-order valence-electron chi connectivity index (χ4n) is 5.26. The Bertz CT molecular complexity index is 1140. The van der Waals surface area contributed by atoms with Gasteiger partial charge in [-0.25, -0.2) is 4.68 Å². The zero-order valence-electron chi connectivity index (χ0n) is 20.7. The number of carbonyl (C=O) groups is 3. The zero-order valence-corrected chi connectivity index (χ0v) is 20.7. The van der Waals surface area contributed by atoms with E-state index in [2.05, 4.69) is 24.3 Å². The van der Waals surface area contributed by atoms with Gasteiger partial charge in [0.05, 0.1) is 34.6 Å². The number of rotatable bonds is 7. The summed E-state index contributed by atoms with van der Waals surface area (Å²) in [5.41, 5.74) is 15.1. The Morgan fingerprint density at radius 2 is 1.91 bits per heavy atom. The zero-order chi connectivity index (χ0) is 25.3. The largest absolute Gasteiger partial charge is 0.462 e. The second kappa shape index (κ2) is 9.81. The van der Waals surface area contributed by atoms with Gasteiger partial charge in [-0.1, -0.05) is 13.8 Å². The molecule has 1 aromatic carbocycles. The Labute approximate surface area is 205 Å². The molecule has 188 valence electrons. The van der Waals surface area contributed by atoms with Gasteiger partial charge in [-0.15, -0.1) is 0 Å². The van der Waals surface area contributed by atoms with Crippen LogP contribution in [0.1, 0.15) is 84.5 Å². The Balaban J connectivity index is 1.57. The van der Waals surface area contributed by atoms with Crippen molar-refractivity contribution in [3.63, 3.8) is 0 Å². The van der Waals surface area contributed by atoms with Crippen LogP contribution in [0.3, 0.4) is 0 Å². The molecule has 0 unspecified atom stereocenters. The summed E-state index contributed by atoms with van der Waals surface area (Å²) in [6, 6.07) is 5.52. The molecule has 1 aromatic heterocycles. The van der Waals surface area contributed by atoms with Crippen LogP contribution in [0.4, 0.5) is 5.69 Å². The predicted molar refractivity (Wildman–Crippen MR) is 133 cm³/mol. The summed E-state index contributed by atoms with van der Waals surface area (Å²) in [5.74, 6) is -0.651. The van der Waals surface area contributed by atoms with Gasteiger partial charge in [0.15, 0.2) is 5.78 Å². The molecule has 0 aliphatic heterocycles. The number of nitrogens with zero attached hydrogens (tertiary/aromatic N) is 2. The van der Waals surface area contributed by atoms with E-state index >= 15 is 0 Å². The number of ether oxygens (including phenoxy) is 1. The Morgan fingerprint density at radius 3 is 2.57 bits per heavy atom. The number of anilines is 1. The van der Waals surface area contributed by atoms with Crippen molar-refractivity contribution in [3.05, 3.63) is 40.7 Å². The number of fused-ring (bicyclic) bond motifs is 1. The maximum absolute atomic E-state index is 12.8. The average molecular weight is 482 g/mol. The van der Waals surface area contributed by atoms with Crippen LogP contribution in [0.2, 0.25) is 0 Å². The summed E-state index contributed by atoms with van der Waals surface area (Å²) in [4.78, 5) is 36.7. The molecule has 0 radical (unpaired) electrons. The molecule has 2 aliphatic rings. The van der Waals surface area contributed by atoms with Crippen molar-refractivity contribution in [2.24, 2.45) is 16.9 Å². The minimum Gasteiger partial charge on any atom is -0.462 e. The number of aromatic nitrogens is 2. The van der Waals surface area contributed by atoms with Crippen LogP contribution in [0.15, 0.2) is 18.2 Å². The van der Waals surface area contributed by atoms with Crippen LogP contribution in [-0.2, 0) is 16.0 Å². The molecule has 0 bridgehead atoms. The maximum atomic E-state index is 12.8. The Hall–Kier alpha value is -3.20. The van der Waals surface area contributed by atoms with E-state index in [1.165, 1.54) is 0 Å². The normalized spacial score (nSPS) is 21.3. The molecule has 0 spiro atoms. The molecule has 1 heterocycles. The highest BCUT2D eigenvalue weighted by atomic mass is 16.5. The van der Waals surface area contributed by atoms with Crippen molar-refractivity contribution < 1.29 is 19.1 Å². The lowest BCUT2D eigenvalue weighted by molar-refractivity contribution is -0.150. The van der Waals surface area contributed by atoms with E-state index in [1.807, 2.05) is 23.7 Å². The fourth-order valence-corrected chi connectivity index (χ4v) is 5.26. The number of esters is 1. The van der Waals surface area contributed by atoms with Gasteiger partial charge < -0.3 is 21.5 Å². The predicted octanol–water partition coefficient (Wildman–Crippen LogP) is 3.05. The highest BCUT2D eigenvalue weighted by Crippen LogP contribution is 2.37. The minimum absolute atomic E-state index is 0.103. The molecule has 9 heteroatoms. The van der Waals surface area contributed by atoms with E-state index in [4.69, 9.17) is 16.2 Å². The van der Waals surface area contributed by atoms with Crippen molar-refractivity contribution >= 4 is 23.3 Å². The Kier molecular flexibility index (Phi) is 6.98. The summed E-state index contributed by atoms with van der Waals surface area (Å²) < 4.78 is 7.32. The van der Waals surface area contributed by atoms with Crippen LogP contribution in [0.5, 0.6) is 0 Å². The quantitative estimate of drug-likeness (QED) is 0.516. The third-order valence-electron chi connectivity index (χ3n) is 6.91. The number of carbonyl (C=O) groups excluding carboxylic acids is 3. The molecule has 0 saturated heterocycles. The maximum Gasteiger partial charge on any atom is 0.307 e. The van der Waals surface area contributed by atoms with Crippen LogP contribution in [0.25, 0.3) is 5.69 Å². The molecular formula is C26H35N5O4. The first-order valence-electron chi connectivity index (χ1n) is 12.3. The van der Waals surface area contributed by atoms with Gasteiger partial charge in [0, 0.05) is 24.7 Å². The molecule has 1 amide bonds. The van der Waals surface area contributed by atoms with Crippen LogP contribution in [0, 0.1) is 12.3 Å². The number of hydrogen-bond donors (Lipinski definition) is 3. The SMILES string of the molecule is Cc1nn(-c2ccc(C(N)=O)c(NC3CCC(OC(=O)CCN)CC3)c2)c2c1C(=O)CC(C)(C)C2.